The molecule has 1 rings (SSSR count). The standard InChI is InChI=1S/C12H17ClN2O/c1-9-5-4-6-14-11(9)12(2,3)8-15-10(16)7-13/h4-6H,7-8H2,1-3H3,(H,15,16). The highest BCUT2D eigenvalue weighted by atomic mass is 35.5. The van der Waals surface area contributed by atoms with Gasteiger partial charge in [0.2, 0.25) is 5.91 Å². The Morgan fingerprint density at radius 2 is 2.25 bits per heavy atom. The number of nitrogens with one attached hydrogen (secondary N) is 1. The third-order valence-corrected chi connectivity index (χ3v) is 2.74. The van der Waals surface area contributed by atoms with Crippen molar-refractivity contribution < 1.29 is 4.79 Å². The van der Waals surface area contributed by atoms with Gasteiger partial charge in [0.15, 0.2) is 0 Å². The highest BCUT2D eigenvalue weighted by molar-refractivity contribution is 6.27. The highest BCUT2D eigenvalue weighted by Gasteiger charge is 2.24. The molecule has 0 bridgehead atoms. The molecule has 1 N–H and O–H groups in total. The minimum atomic E-state index is -0.187. The Balaban J connectivity index is 2.77. The Morgan fingerprint density at radius 3 is 2.81 bits per heavy atom. The summed E-state index contributed by atoms with van der Waals surface area (Å²) in [4.78, 5) is 15.5. The molecule has 1 amide bonds. The number of halogens is 1. The first-order chi connectivity index (χ1) is 7.47. The van der Waals surface area contributed by atoms with Gasteiger partial charge in [-0.25, -0.2) is 0 Å². The minimum absolute atomic E-state index is 0.00270. The summed E-state index contributed by atoms with van der Waals surface area (Å²) in [6, 6.07) is 3.93. The molecule has 0 spiro atoms. The lowest BCUT2D eigenvalue weighted by molar-refractivity contribution is -0.118. The number of hydrogen-bond donors (Lipinski definition) is 1. The average molecular weight is 241 g/mol. The molecule has 88 valence electrons. The molecule has 0 unspecified atom stereocenters. The van der Waals surface area contributed by atoms with Crippen LogP contribution >= 0.6 is 11.6 Å². The molecule has 0 aliphatic heterocycles. The largest absolute Gasteiger partial charge is 0.354 e. The van der Waals surface area contributed by atoms with E-state index in [9.17, 15) is 4.79 Å². The average Bonchev–Trinajstić information content (AvgIpc) is 2.26. The maximum absolute atomic E-state index is 11.1. The second-order valence-electron chi connectivity index (χ2n) is 4.46. The lowest BCUT2D eigenvalue weighted by atomic mass is 9.86. The molecule has 1 heterocycles. The summed E-state index contributed by atoms with van der Waals surface area (Å²) in [6.07, 6.45) is 1.77. The molecule has 0 radical (unpaired) electrons. The van der Waals surface area contributed by atoms with E-state index in [1.54, 1.807) is 6.20 Å². The zero-order valence-corrected chi connectivity index (χ0v) is 10.6. The number of rotatable bonds is 4. The Kier molecular flexibility index (Phi) is 4.30. The van der Waals surface area contributed by atoms with Gasteiger partial charge in [-0.3, -0.25) is 9.78 Å². The van der Waals surface area contributed by atoms with Gasteiger partial charge in [-0.05, 0) is 18.6 Å². The van der Waals surface area contributed by atoms with Gasteiger partial charge >= 0.3 is 0 Å². The summed E-state index contributed by atoms with van der Waals surface area (Å²) in [6.45, 7) is 6.66. The van der Waals surface area contributed by atoms with Crippen molar-refractivity contribution in [2.75, 3.05) is 12.4 Å². The van der Waals surface area contributed by atoms with Crippen LogP contribution in [0.15, 0.2) is 18.3 Å². The van der Waals surface area contributed by atoms with Crippen LogP contribution in [0.2, 0.25) is 0 Å². The fourth-order valence-electron chi connectivity index (χ4n) is 1.64. The number of pyridine rings is 1. The van der Waals surface area contributed by atoms with Crippen LogP contribution in [0.3, 0.4) is 0 Å². The fraction of sp³-hybridized carbons (Fsp3) is 0.500. The van der Waals surface area contributed by atoms with Crippen LogP contribution in [0.4, 0.5) is 0 Å². The normalized spacial score (nSPS) is 11.2. The van der Waals surface area contributed by atoms with E-state index >= 15 is 0 Å². The van der Waals surface area contributed by atoms with Crippen LogP contribution in [0.1, 0.15) is 25.1 Å². The molecule has 0 fully saturated rings. The van der Waals surface area contributed by atoms with Crippen LogP contribution < -0.4 is 5.32 Å². The Bertz CT molecular complexity index is 377. The number of carbonyl (C=O) groups excluding carboxylic acids is 1. The molecular formula is C12H17ClN2O. The van der Waals surface area contributed by atoms with Crippen LogP contribution in [0.5, 0.6) is 0 Å². The smallest absolute Gasteiger partial charge is 0.234 e. The van der Waals surface area contributed by atoms with Crippen molar-refractivity contribution in [3.63, 3.8) is 0 Å². The van der Waals surface area contributed by atoms with Gasteiger partial charge in [-0.15, -0.1) is 11.6 Å². The molecule has 0 saturated heterocycles. The summed E-state index contributed by atoms with van der Waals surface area (Å²) < 4.78 is 0. The minimum Gasteiger partial charge on any atom is -0.354 e. The summed E-state index contributed by atoms with van der Waals surface area (Å²) in [7, 11) is 0. The van der Waals surface area contributed by atoms with Gasteiger partial charge in [-0.1, -0.05) is 19.9 Å². The van der Waals surface area contributed by atoms with Crippen molar-refractivity contribution in [1.29, 1.82) is 0 Å². The summed E-state index contributed by atoms with van der Waals surface area (Å²) in [5, 5.41) is 2.79. The fourth-order valence-corrected chi connectivity index (χ4v) is 1.74. The topological polar surface area (TPSA) is 42.0 Å². The number of nitrogens with zero attached hydrogens (tertiary/aromatic N) is 1. The van der Waals surface area contributed by atoms with Crippen molar-refractivity contribution in [2.45, 2.75) is 26.2 Å². The predicted molar refractivity (Wildman–Crippen MR) is 65.7 cm³/mol. The molecule has 16 heavy (non-hydrogen) atoms. The van der Waals surface area contributed by atoms with Gasteiger partial charge in [0.1, 0.15) is 5.88 Å². The number of aromatic nitrogens is 1. The zero-order chi connectivity index (χ0) is 12.2. The third-order valence-electron chi connectivity index (χ3n) is 2.50. The van der Waals surface area contributed by atoms with Crippen molar-refractivity contribution in [3.05, 3.63) is 29.6 Å². The number of alkyl halides is 1. The van der Waals surface area contributed by atoms with E-state index in [1.165, 1.54) is 0 Å². The predicted octanol–water partition coefficient (Wildman–Crippen LogP) is 2.02. The molecule has 0 aromatic carbocycles. The van der Waals surface area contributed by atoms with Gasteiger partial charge in [0.25, 0.3) is 0 Å². The maximum atomic E-state index is 11.1. The van der Waals surface area contributed by atoms with Gasteiger partial charge in [0, 0.05) is 18.2 Å². The van der Waals surface area contributed by atoms with Crippen molar-refractivity contribution in [2.24, 2.45) is 0 Å². The molecule has 1 aromatic rings. The second kappa shape index (κ2) is 5.30. The first-order valence-electron chi connectivity index (χ1n) is 5.22. The molecular weight excluding hydrogens is 224 g/mol. The van der Waals surface area contributed by atoms with E-state index in [0.717, 1.165) is 11.3 Å². The van der Waals surface area contributed by atoms with E-state index in [-0.39, 0.29) is 17.2 Å². The van der Waals surface area contributed by atoms with Crippen molar-refractivity contribution in [3.8, 4) is 0 Å². The van der Waals surface area contributed by atoms with E-state index in [0.29, 0.717) is 6.54 Å². The monoisotopic (exact) mass is 240 g/mol. The molecule has 0 saturated carbocycles. The first kappa shape index (κ1) is 13.0. The zero-order valence-electron chi connectivity index (χ0n) is 9.88. The number of hydrogen-bond acceptors (Lipinski definition) is 2. The summed E-state index contributed by atoms with van der Waals surface area (Å²) >= 11 is 5.43. The van der Waals surface area contributed by atoms with E-state index in [2.05, 4.69) is 24.1 Å². The van der Waals surface area contributed by atoms with E-state index in [1.807, 2.05) is 19.1 Å². The Labute approximate surface area is 101 Å². The first-order valence-corrected chi connectivity index (χ1v) is 5.75. The molecule has 3 nitrogen and oxygen atoms in total. The lowest BCUT2D eigenvalue weighted by Gasteiger charge is -2.25. The second-order valence-corrected chi connectivity index (χ2v) is 4.73. The van der Waals surface area contributed by atoms with Crippen molar-refractivity contribution in [1.82, 2.24) is 10.3 Å². The van der Waals surface area contributed by atoms with Gasteiger partial charge in [0.05, 0.1) is 5.69 Å². The van der Waals surface area contributed by atoms with Gasteiger partial charge < -0.3 is 5.32 Å². The Hall–Kier alpha value is -1.09. The molecule has 0 atom stereocenters. The number of carbonyl (C=O) groups is 1. The lowest BCUT2D eigenvalue weighted by Crippen LogP contribution is -2.38. The SMILES string of the molecule is Cc1cccnc1C(C)(C)CNC(=O)CCl. The Morgan fingerprint density at radius 1 is 1.56 bits per heavy atom. The molecule has 4 heteroatoms. The molecule has 0 aliphatic rings. The van der Waals surface area contributed by atoms with Crippen LogP contribution in [-0.4, -0.2) is 23.3 Å². The quantitative estimate of drug-likeness (QED) is 0.819. The molecule has 0 aliphatic carbocycles. The van der Waals surface area contributed by atoms with Crippen LogP contribution in [0.25, 0.3) is 0 Å². The number of amides is 1. The summed E-state index contributed by atoms with van der Waals surface area (Å²) in [5.74, 6) is -0.152. The van der Waals surface area contributed by atoms with Crippen LogP contribution in [-0.2, 0) is 10.2 Å². The van der Waals surface area contributed by atoms with Crippen molar-refractivity contribution >= 4 is 17.5 Å². The third kappa shape index (κ3) is 3.20. The highest BCUT2D eigenvalue weighted by Crippen LogP contribution is 2.22. The van der Waals surface area contributed by atoms with Crippen LogP contribution in [0, 0.1) is 6.92 Å². The van der Waals surface area contributed by atoms with E-state index in [4.69, 9.17) is 11.6 Å². The van der Waals surface area contributed by atoms with Gasteiger partial charge in [-0.2, -0.15) is 0 Å². The van der Waals surface area contributed by atoms with E-state index < -0.39 is 0 Å². The molecule has 1 aromatic heterocycles. The number of aryl methyl sites for hydroxylation is 1. The summed E-state index contributed by atoms with van der Waals surface area (Å²) in [5.41, 5.74) is 1.95. The maximum Gasteiger partial charge on any atom is 0.234 e.